The second-order valence-corrected chi connectivity index (χ2v) is 8.37. The Morgan fingerprint density at radius 3 is 2.12 bits per heavy atom. The maximum absolute atomic E-state index is 12.6. The molecule has 1 aliphatic rings. The Bertz CT molecular complexity index is 1070. The number of amides is 1. The van der Waals surface area contributed by atoms with E-state index in [1.807, 2.05) is 36.4 Å². The van der Waals surface area contributed by atoms with Crippen LogP contribution >= 0.6 is 11.6 Å². The number of aliphatic carboxylic acids is 1. The second-order valence-electron chi connectivity index (χ2n) is 7.93. The summed E-state index contributed by atoms with van der Waals surface area (Å²) in [7, 11) is 0. The van der Waals surface area contributed by atoms with Crippen molar-refractivity contribution in [2.24, 2.45) is 0 Å². The monoisotopic (exact) mass is 449 g/mol. The van der Waals surface area contributed by atoms with Crippen LogP contribution in [0.2, 0.25) is 5.02 Å². The molecule has 1 aliphatic carbocycles. The van der Waals surface area contributed by atoms with Gasteiger partial charge in [-0.15, -0.1) is 0 Å². The van der Waals surface area contributed by atoms with Gasteiger partial charge in [-0.1, -0.05) is 72.3 Å². The molecule has 0 heterocycles. The average Bonchev–Trinajstić information content (AvgIpc) is 3.11. The molecule has 0 saturated carbocycles. The summed E-state index contributed by atoms with van der Waals surface area (Å²) in [5, 5.41) is 12.5. The van der Waals surface area contributed by atoms with Crippen molar-refractivity contribution in [1.82, 2.24) is 5.32 Å². The molecular formula is C26H24ClNO4. The Hall–Kier alpha value is -3.31. The number of halogens is 1. The van der Waals surface area contributed by atoms with Gasteiger partial charge in [0, 0.05) is 23.4 Å². The third-order valence-electron chi connectivity index (χ3n) is 5.77. The minimum Gasteiger partial charge on any atom is -0.481 e. The van der Waals surface area contributed by atoms with E-state index in [9.17, 15) is 9.59 Å². The van der Waals surface area contributed by atoms with E-state index in [0.717, 1.165) is 16.7 Å². The Morgan fingerprint density at radius 1 is 0.938 bits per heavy atom. The minimum atomic E-state index is -0.902. The molecule has 0 saturated heterocycles. The molecule has 5 nitrogen and oxygen atoms in total. The standard InChI is InChI=1S/C26H24ClNO4/c27-18-11-9-17(10-12-18)15-19(13-14-25(29)30)28-26(31)32-16-24-22-7-3-1-5-20(22)21-6-2-4-8-23(21)24/h1-12,19,24H,13-16H2,(H,28,31)(H,29,30)/t19-/m1/s1. The highest BCUT2D eigenvalue weighted by molar-refractivity contribution is 6.30. The number of carbonyl (C=O) groups excluding carboxylic acids is 1. The van der Waals surface area contributed by atoms with Crippen LogP contribution in [0.25, 0.3) is 11.1 Å². The molecule has 3 aromatic rings. The number of carboxylic acids is 1. The summed E-state index contributed by atoms with van der Waals surface area (Å²) in [5.41, 5.74) is 5.58. The number of nitrogens with one attached hydrogen (secondary N) is 1. The molecule has 0 fully saturated rings. The lowest BCUT2D eigenvalue weighted by atomic mass is 9.98. The number of alkyl carbamates (subject to hydrolysis) is 1. The van der Waals surface area contributed by atoms with Gasteiger partial charge >= 0.3 is 12.1 Å². The largest absolute Gasteiger partial charge is 0.481 e. The van der Waals surface area contributed by atoms with Gasteiger partial charge in [-0.05, 0) is 52.8 Å². The van der Waals surface area contributed by atoms with E-state index >= 15 is 0 Å². The molecule has 4 rings (SSSR count). The van der Waals surface area contributed by atoms with E-state index < -0.39 is 12.1 Å². The lowest BCUT2D eigenvalue weighted by molar-refractivity contribution is -0.137. The van der Waals surface area contributed by atoms with Crippen molar-refractivity contribution in [3.8, 4) is 11.1 Å². The van der Waals surface area contributed by atoms with Crippen molar-refractivity contribution in [3.63, 3.8) is 0 Å². The van der Waals surface area contributed by atoms with Crippen LogP contribution in [0.3, 0.4) is 0 Å². The number of rotatable bonds is 8. The predicted octanol–water partition coefficient (Wildman–Crippen LogP) is 5.65. The highest BCUT2D eigenvalue weighted by Crippen LogP contribution is 2.44. The molecule has 3 aromatic carbocycles. The quantitative estimate of drug-likeness (QED) is 0.465. The molecular weight excluding hydrogens is 426 g/mol. The van der Waals surface area contributed by atoms with E-state index in [2.05, 4.69) is 29.6 Å². The van der Waals surface area contributed by atoms with Gasteiger partial charge in [0.15, 0.2) is 0 Å². The van der Waals surface area contributed by atoms with Crippen LogP contribution in [0.1, 0.15) is 35.4 Å². The van der Waals surface area contributed by atoms with E-state index in [1.165, 1.54) is 11.1 Å². The van der Waals surface area contributed by atoms with E-state index in [-0.39, 0.29) is 25.0 Å². The zero-order valence-corrected chi connectivity index (χ0v) is 18.2. The van der Waals surface area contributed by atoms with E-state index in [0.29, 0.717) is 17.9 Å². The fraction of sp³-hybridized carbons (Fsp3) is 0.231. The topological polar surface area (TPSA) is 75.6 Å². The summed E-state index contributed by atoms with van der Waals surface area (Å²) in [4.78, 5) is 23.7. The van der Waals surface area contributed by atoms with Crippen molar-refractivity contribution >= 4 is 23.7 Å². The first-order valence-electron chi connectivity index (χ1n) is 10.6. The van der Waals surface area contributed by atoms with Crippen LogP contribution in [0.15, 0.2) is 72.8 Å². The number of carbonyl (C=O) groups is 2. The molecule has 32 heavy (non-hydrogen) atoms. The van der Waals surface area contributed by atoms with Crippen molar-refractivity contribution in [1.29, 1.82) is 0 Å². The number of fused-ring (bicyclic) bond motifs is 3. The molecule has 0 radical (unpaired) electrons. The summed E-state index contributed by atoms with van der Waals surface area (Å²) in [6.45, 7) is 0.215. The van der Waals surface area contributed by atoms with Crippen LogP contribution in [0, 0.1) is 0 Å². The van der Waals surface area contributed by atoms with Gasteiger partial charge in [0.25, 0.3) is 0 Å². The van der Waals surface area contributed by atoms with Gasteiger partial charge in [-0.25, -0.2) is 4.79 Å². The van der Waals surface area contributed by atoms with Gasteiger partial charge < -0.3 is 15.2 Å². The maximum Gasteiger partial charge on any atom is 0.407 e. The Balaban J connectivity index is 1.42. The predicted molar refractivity (Wildman–Crippen MR) is 124 cm³/mol. The summed E-state index contributed by atoms with van der Waals surface area (Å²) >= 11 is 5.94. The molecule has 0 spiro atoms. The number of ether oxygens (including phenoxy) is 1. The van der Waals surface area contributed by atoms with Gasteiger partial charge in [0.1, 0.15) is 6.61 Å². The van der Waals surface area contributed by atoms with Gasteiger partial charge in [-0.3, -0.25) is 4.79 Å². The highest BCUT2D eigenvalue weighted by Gasteiger charge is 2.29. The van der Waals surface area contributed by atoms with E-state index in [1.54, 1.807) is 12.1 Å². The van der Waals surface area contributed by atoms with Crippen LogP contribution in [0.5, 0.6) is 0 Å². The van der Waals surface area contributed by atoms with E-state index in [4.69, 9.17) is 21.4 Å². The summed E-state index contributed by atoms with van der Waals surface area (Å²) < 4.78 is 5.62. The summed E-state index contributed by atoms with van der Waals surface area (Å²) in [6.07, 6.45) is 0.217. The van der Waals surface area contributed by atoms with Crippen molar-refractivity contribution in [2.45, 2.75) is 31.2 Å². The van der Waals surface area contributed by atoms with Crippen molar-refractivity contribution in [3.05, 3.63) is 94.5 Å². The Labute approximate surface area is 192 Å². The van der Waals surface area contributed by atoms with Gasteiger partial charge in [0.2, 0.25) is 0 Å². The fourth-order valence-corrected chi connectivity index (χ4v) is 4.36. The lowest BCUT2D eigenvalue weighted by Crippen LogP contribution is -2.37. The molecule has 0 unspecified atom stereocenters. The lowest BCUT2D eigenvalue weighted by Gasteiger charge is -2.20. The number of carboxylic acid groups (broad SMARTS) is 1. The number of hydrogen-bond acceptors (Lipinski definition) is 3. The number of hydrogen-bond donors (Lipinski definition) is 2. The summed E-state index contributed by atoms with van der Waals surface area (Å²) in [6, 6.07) is 23.2. The normalized spacial score (nSPS) is 13.2. The number of benzene rings is 3. The van der Waals surface area contributed by atoms with Crippen molar-refractivity contribution < 1.29 is 19.4 Å². The molecule has 0 bridgehead atoms. The van der Waals surface area contributed by atoms with Crippen LogP contribution in [-0.2, 0) is 16.0 Å². The minimum absolute atomic E-state index is 0.0260. The fourth-order valence-electron chi connectivity index (χ4n) is 4.23. The third-order valence-corrected chi connectivity index (χ3v) is 6.02. The first-order chi connectivity index (χ1) is 15.5. The Morgan fingerprint density at radius 2 is 1.53 bits per heavy atom. The average molecular weight is 450 g/mol. The van der Waals surface area contributed by atoms with Gasteiger partial charge in [-0.2, -0.15) is 0 Å². The maximum atomic E-state index is 12.6. The zero-order chi connectivity index (χ0) is 22.5. The Kier molecular flexibility index (Phi) is 6.76. The second kappa shape index (κ2) is 9.88. The first-order valence-corrected chi connectivity index (χ1v) is 11.0. The third kappa shape index (κ3) is 5.11. The van der Waals surface area contributed by atoms with Crippen LogP contribution in [0.4, 0.5) is 4.79 Å². The molecule has 1 atom stereocenters. The smallest absolute Gasteiger partial charge is 0.407 e. The molecule has 164 valence electrons. The summed E-state index contributed by atoms with van der Waals surface area (Å²) in [5.74, 6) is -0.928. The zero-order valence-electron chi connectivity index (χ0n) is 17.5. The van der Waals surface area contributed by atoms with Crippen LogP contribution < -0.4 is 5.32 Å². The van der Waals surface area contributed by atoms with Crippen LogP contribution in [-0.4, -0.2) is 29.8 Å². The SMILES string of the molecule is O=C(O)CC[C@H](Cc1ccc(Cl)cc1)NC(=O)OCC1c2ccccc2-c2ccccc21. The highest BCUT2D eigenvalue weighted by atomic mass is 35.5. The molecule has 2 N–H and O–H groups in total. The first kappa shape index (κ1) is 21.9. The molecule has 0 aliphatic heterocycles. The molecule has 1 amide bonds. The molecule has 6 heteroatoms. The van der Waals surface area contributed by atoms with Crippen molar-refractivity contribution in [2.75, 3.05) is 6.61 Å². The van der Waals surface area contributed by atoms with Gasteiger partial charge in [0.05, 0.1) is 0 Å². The molecule has 0 aromatic heterocycles.